The first kappa shape index (κ1) is 19.5. The number of hydrogen-bond donors (Lipinski definition) is 0. The third kappa shape index (κ3) is 3.52. The van der Waals surface area contributed by atoms with Gasteiger partial charge in [-0.3, -0.25) is 4.79 Å². The molecule has 31 heavy (non-hydrogen) atoms. The Kier molecular flexibility index (Phi) is 4.84. The fourth-order valence-electron chi connectivity index (χ4n) is 4.38. The van der Waals surface area contributed by atoms with Gasteiger partial charge in [0.2, 0.25) is 5.91 Å². The van der Waals surface area contributed by atoms with E-state index in [-0.39, 0.29) is 5.91 Å². The highest BCUT2D eigenvalue weighted by atomic mass is 16.5. The molecule has 8 heteroatoms. The Morgan fingerprint density at radius 2 is 1.77 bits per heavy atom. The van der Waals surface area contributed by atoms with Gasteiger partial charge in [-0.25, -0.2) is 14.6 Å². The number of aromatic nitrogens is 4. The number of hydrogen-bond acceptors (Lipinski definition) is 6. The molecule has 5 rings (SSSR count). The molecule has 1 aliphatic carbocycles. The molecule has 1 saturated carbocycles. The summed E-state index contributed by atoms with van der Waals surface area (Å²) in [5.41, 5.74) is 1.53. The number of amides is 1. The molecule has 3 aromatic rings. The Hall–Kier alpha value is -3.42. The van der Waals surface area contributed by atoms with E-state index in [9.17, 15) is 4.79 Å². The maximum absolute atomic E-state index is 13.5. The molecule has 1 amide bonds. The normalized spacial score (nSPS) is 17.5. The summed E-state index contributed by atoms with van der Waals surface area (Å²) >= 11 is 0. The number of ether oxygens (including phenoxy) is 1. The summed E-state index contributed by atoms with van der Waals surface area (Å²) in [5.74, 6) is 2.61. The first-order valence-corrected chi connectivity index (χ1v) is 10.6. The van der Waals surface area contributed by atoms with E-state index in [0.29, 0.717) is 13.1 Å². The second-order valence-corrected chi connectivity index (χ2v) is 8.20. The molecule has 1 aliphatic heterocycles. The summed E-state index contributed by atoms with van der Waals surface area (Å²) in [5, 5.41) is 4.42. The predicted octanol–water partition coefficient (Wildman–Crippen LogP) is 2.36. The highest BCUT2D eigenvalue weighted by Gasteiger charge is 2.54. The fourth-order valence-corrected chi connectivity index (χ4v) is 4.38. The van der Waals surface area contributed by atoms with Crippen LogP contribution in [0.1, 0.15) is 24.1 Å². The zero-order chi connectivity index (χ0) is 21.4. The molecule has 8 nitrogen and oxygen atoms in total. The van der Waals surface area contributed by atoms with Gasteiger partial charge < -0.3 is 14.5 Å². The lowest BCUT2D eigenvalue weighted by Gasteiger charge is -2.37. The third-order valence-corrected chi connectivity index (χ3v) is 6.27. The van der Waals surface area contributed by atoms with Crippen LogP contribution in [-0.2, 0) is 10.2 Å². The lowest BCUT2D eigenvalue weighted by molar-refractivity contribution is -0.134. The molecule has 0 spiro atoms. The largest absolute Gasteiger partial charge is 0.496 e. The molecule has 160 valence electrons. The van der Waals surface area contributed by atoms with Gasteiger partial charge >= 0.3 is 0 Å². The van der Waals surface area contributed by atoms with Crippen molar-refractivity contribution in [2.45, 2.75) is 25.2 Å². The van der Waals surface area contributed by atoms with Crippen molar-refractivity contribution in [3.05, 3.63) is 60.2 Å². The van der Waals surface area contributed by atoms with E-state index >= 15 is 0 Å². The zero-order valence-electron chi connectivity index (χ0n) is 17.9. The average Bonchev–Trinajstić information content (AvgIpc) is 3.52. The number of aryl methyl sites for hydroxylation is 1. The predicted molar refractivity (Wildman–Crippen MR) is 117 cm³/mol. The molecule has 2 fully saturated rings. The number of rotatable bonds is 5. The minimum Gasteiger partial charge on any atom is -0.496 e. The summed E-state index contributed by atoms with van der Waals surface area (Å²) in [7, 11) is 1.67. The van der Waals surface area contributed by atoms with Gasteiger partial charge in [0.25, 0.3) is 0 Å². The van der Waals surface area contributed by atoms with Crippen molar-refractivity contribution >= 4 is 11.7 Å². The molecule has 2 aromatic heterocycles. The molecular formula is C23H26N6O2. The van der Waals surface area contributed by atoms with Crippen LogP contribution in [0.4, 0.5) is 5.82 Å². The van der Waals surface area contributed by atoms with Crippen LogP contribution < -0.4 is 9.64 Å². The molecule has 0 N–H and O–H groups in total. The van der Waals surface area contributed by atoms with Gasteiger partial charge in [0, 0.05) is 44.0 Å². The SMILES string of the molecule is COc1ccccc1C1(C(=O)N2CCN(c3cc(-n4ccc(C)n4)ncn3)CC2)CC1. The van der Waals surface area contributed by atoms with Crippen molar-refractivity contribution < 1.29 is 9.53 Å². The van der Waals surface area contributed by atoms with Gasteiger partial charge in [0.1, 0.15) is 17.9 Å². The van der Waals surface area contributed by atoms with Crippen molar-refractivity contribution in [3.63, 3.8) is 0 Å². The molecule has 2 aliphatic rings. The number of benzene rings is 1. The summed E-state index contributed by atoms with van der Waals surface area (Å²) < 4.78 is 7.29. The van der Waals surface area contributed by atoms with Gasteiger partial charge in [-0.05, 0) is 31.9 Å². The quantitative estimate of drug-likeness (QED) is 0.633. The van der Waals surface area contributed by atoms with E-state index in [1.165, 1.54) is 0 Å². The Morgan fingerprint density at radius 3 is 2.45 bits per heavy atom. The maximum atomic E-state index is 13.5. The van der Waals surface area contributed by atoms with E-state index < -0.39 is 5.41 Å². The Bertz CT molecular complexity index is 1100. The highest BCUT2D eigenvalue weighted by Crippen LogP contribution is 2.52. The zero-order valence-corrected chi connectivity index (χ0v) is 17.9. The summed E-state index contributed by atoms with van der Waals surface area (Å²) in [6.07, 6.45) is 5.22. The van der Waals surface area contributed by atoms with Crippen LogP contribution in [0, 0.1) is 6.92 Å². The average molecular weight is 419 g/mol. The summed E-state index contributed by atoms with van der Waals surface area (Å²) in [6.45, 7) is 4.78. The molecule has 0 unspecified atom stereocenters. The van der Waals surface area contributed by atoms with Crippen molar-refractivity contribution in [1.29, 1.82) is 0 Å². The van der Waals surface area contributed by atoms with E-state index in [0.717, 1.165) is 54.6 Å². The first-order valence-electron chi connectivity index (χ1n) is 10.6. The van der Waals surface area contributed by atoms with Crippen molar-refractivity contribution in [3.8, 4) is 11.6 Å². The molecule has 3 heterocycles. The first-order chi connectivity index (χ1) is 15.1. The van der Waals surface area contributed by atoms with E-state index in [1.807, 2.05) is 54.4 Å². The number of piperazine rings is 1. The minimum absolute atomic E-state index is 0.215. The maximum Gasteiger partial charge on any atom is 0.233 e. The highest BCUT2D eigenvalue weighted by molar-refractivity contribution is 5.92. The second kappa shape index (κ2) is 7.68. The van der Waals surface area contributed by atoms with Crippen molar-refractivity contribution in [2.24, 2.45) is 0 Å². The molecule has 1 saturated heterocycles. The Labute approximate surface area is 181 Å². The smallest absolute Gasteiger partial charge is 0.233 e. The lowest BCUT2D eigenvalue weighted by Crippen LogP contribution is -2.51. The molecule has 0 bridgehead atoms. The van der Waals surface area contributed by atoms with E-state index in [1.54, 1.807) is 18.1 Å². The second-order valence-electron chi connectivity index (χ2n) is 8.20. The van der Waals surface area contributed by atoms with Gasteiger partial charge in [0.05, 0.1) is 18.2 Å². The molecule has 0 atom stereocenters. The van der Waals surface area contributed by atoms with Gasteiger partial charge in [-0.1, -0.05) is 18.2 Å². The number of carbonyl (C=O) groups is 1. The number of methoxy groups -OCH3 is 1. The van der Waals surface area contributed by atoms with E-state index in [2.05, 4.69) is 20.0 Å². The topological polar surface area (TPSA) is 76.4 Å². The lowest BCUT2D eigenvalue weighted by atomic mass is 9.93. The van der Waals surface area contributed by atoms with Gasteiger partial charge in [-0.15, -0.1) is 0 Å². The number of carbonyl (C=O) groups excluding carboxylic acids is 1. The molecular weight excluding hydrogens is 392 g/mol. The molecule has 0 radical (unpaired) electrons. The van der Waals surface area contributed by atoms with E-state index in [4.69, 9.17) is 4.74 Å². The summed E-state index contributed by atoms with van der Waals surface area (Å²) in [6, 6.07) is 11.8. The van der Waals surface area contributed by atoms with Gasteiger partial charge in [-0.2, -0.15) is 5.10 Å². The van der Waals surface area contributed by atoms with Gasteiger partial charge in [0.15, 0.2) is 5.82 Å². The van der Waals surface area contributed by atoms with Crippen LogP contribution >= 0.6 is 0 Å². The van der Waals surface area contributed by atoms with Crippen LogP contribution in [0.3, 0.4) is 0 Å². The van der Waals surface area contributed by atoms with Crippen LogP contribution in [0.5, 0.6) is 5.75 Å². The van der Waals surface area contributed by atoms with Crippen LogP contribution in [0.2, 0.25) is 0 Å². The van der Waals surface area contributed by atoms with Crippen molar-refractivity contribution in [1.82, 2.24) is 24.6 Å². The summed E-state index contributed by atoms with van der Waals surface area (Å²) in [4.78, 5) is 26.4. The standard InChI is InChI=1S/C23H26N6O2/c1-17-7-10-29(26-17)21-15-20(24-16-25-21)27-11-13-28(14-12-27)22(30)23(8-9-23)18-5-3-4-6-19(18)31-2/h3-7,10,15-16H,8-9,11-14H2,1-2H3. The number of anilines is 1. The fraction of sp³-hybridized carbons (Fsp3) is 0.391. The van der Waals surface area contributed by atoms with Crippen LogP contribution in [0.25, 0.3) is 5.82 Å². The monoisotopic (exact) mass is 418 g/mol. The van der Waals surface area contributed by atoms with Crippen LogP contribution in [-0.4, -0.2) is 63.8 Å². The van der Waals surface area contributed by atoms with Crippen molar-refractivity contribution in [2.75, 3.05) is 38.2 Å². The number of nitrogens with zero attached hydrogens (tertiary/aromatic N) is 6. The minimum atomic E-state index is -0.422. The van der Waals surface area contributed by atoms with Crippen LogP contribution in [0.15, 0.2) is 48.9 Å². The third-order valence-electron chi connectivity index (χ3n) is 6.27. The Morgan fingerprint density at radius 1 is 1.03 bits per heavy atom. The number of para-hydroxylation sites is 1. The molecule has 1 aromatic carbocycles. The Balaban J connectivity index is 1.28.